The molecule has 0 aliphatic carbocycles. The van der Waals surface area contributed by atoms with Crippen LogP contribution in [-0.2, 0) is 6.42 Å². The summed E-state index contributed by atoms with van der Waals surface area (Å²) < 4.78 is 0. The largest absolute Gasteiger partial charge is 0.314 e. The van der Waals surface area contributed by atoms with Gasteiger partial charge in [0.1, 0.15) is 0 Å². The lowest BCUT2D eigenvalue weighted by Gasteiger charge is -2.24. The maximum Gasteiger partial charge on any atom is 0.0624 e. The summed E-state index contributed by atoms with van der Waals surface area (Å²) in [4.78, 5) is 0. The number of hydrogen-bond acceptors (Lipinski definition) is 1. The summed E-state index contributed by atoms with van der Waals surface area (Å²) in [6.07, 6.45) is 3.27. The zero-order chi connectivity index (χ0) is 13.5. The van der Waals surface area contributed by atoms with Crippen LogP contribution in [0.3, 0.4) is 0 Å². The molecule has 1 nitrogen and oxygen atoms in total. The highest BCUT2D eigenvalue weighted by Gasteiger charge is 2.16. The van der Waals surface area contributed by atoms with E-state index in [9.17, 15) is 0 Å². The molecule has 0 aromatic heterocycles. The molecule has 0 amide bonds. The molecule has 0 heterocycles. The van der Waals surface area contributed by atoms with Gasteiger partial charge in [-0.15, -0.1) is 0 Å². The molecule has 1 N–H and O–H groups in total. The molecule has 0 saturated carbocycles. The van der Waals surface area contributed by atoms with Gasteiger partial charge in [-0.05, 0) is 43.4 Å². The van der Waals surface area contributed by atoms with Crippen molar-refractivity contribution in [2.24, 2.45) is 5.92 Å². The van der Waals surface area contributed by atoms with E-state index in [1.165, 1.54) is 6.42 Å². The van der Waals surface area contributed by atoms with E-state index < -0.39 is 0 Å². The van der Waals surface area contributed by atoms with Crippen molar-refractivity contribution < 1.29 is 0 Å². The van der Waals surface area contributed by atoms with Gasteiger partial charge in [-0.3, -0.25) is 0 Å². The second kappa shape index (κ2) is 8.04. The summed E-state index contributed by atoms with van der Waals surface area (Å²) in [5.41, 5.74) is 1.15. The monoisotopic (exact) mass is 287 g/mol. The van der Waals surface area contributed by atoms with E-state index in [4.69, 9.17) is 23.2 Å². The molecule has 0 fully saturated rings. The van der Waals surface area contributed by atoms with Gasteiger partial charge in [-0.2, -0.15) is 0 Å². The van der Waals surface area contributed by atoms with Crippen molar-refractivity contribution in [3.63, 3.8) is 0 Å². The van der Waals surface area contributed by atoms with Crippen LogP contribution < -0.4 is 5.32 Å². The van der Waals surface area contributed by atoms with E-state index in [0.29, 0.717) is 22.0 Å². The molecule has 0 aliphatic heterocycles. The van der Waals surface area contributed by atoms with Crippen molar-refractivity contribution in [3.05, 3.63) is 33.8 Å². The van der Waals surface area contributed by atoms with Gasteiger partial charge < -0.3 is 5.32 Å². The first-order chi connectivity index (χ1) is 8.60. The predicted molar refractivity (Wildman–Crippen MR) is 81.7 cm³/mol. The van der Waals surface area contributed by atoms with Crippen LogP contribution in [-0.4, -0.2) is 12.6 Å². The SMILES string of the molecule is CCCNC(CC)C(C)Cc1cccc(Cl)c1Cl. The zero-order valence-electron chi connectivity index (χ0n) is 11.5. The highest BCUT2D eigenvalue weighted by Crippen LogP contribution is 2.28. The molecule has 0 radical (unpaired) electrons. The van der Waals surface area contributed by atoms with E-state index in [2.05, 4.69) is 32.2 Å². The molecule has 0 saturated heterocycles. The number of nitrogens with one attached hydrogen (secondary N) is 1. The van der Waals surface area contributed by atoms with E-state index in [1.807, 2.05) is 12.1 Å². The predicted octanol–water partition coefficient (Wildman–Crippen LogP) is 4.95. The fourth-order valence-corrected chi connectivity index (χ4v) is 2.67. The van der Waals surface area contributed by atoms with E-state index in [0.717, 1.165) is 24.9 Å². The van der Waals surface area contributed by atoms with Gasteiger partial charge in [0.2, 0.25) is 0 Å². The molecular formula is C15H23Cl2N. The summed E-state index contributed by atoms with van der Waals surface area (Å²) in [6.45, 7) is 7.77. The highest BCUT2D eigenvalue weighted by molar-refractivity contribution is 6.42. The standard InChI is InChI=1S/C15H23Cl2N/c1-4-9-18-14(5-2)11(3)10-12-7-6-8-13(16)15(12)17/h6-8,11,14,18H,4-5,9-10H2,1-3H3. The van der Waals surface area contributed by atoms with Crippen LogP contribution in [0.15, 0.2) is 18.2 Å². The van der Waals surface area contributed by atoms with Crippen LogP contribution >= 0.6 is 23.2 Å². The van der Waals surface area contributed by atoms with Gasteiger partial charge in [-0.25, -0.2) is 0 Å². The molecule has 1 aromatic carbocycles. The smallest absolute Gasteiger partial charge is 0.0624 e. The van der Waals surface area contributed by atoms with Gasteiger partial charge in [0.15, 0.2) is 0 Å². The molecule has 3 heteroatoms. The van der Waals surface area contributed by atoms with Crippen LogP contribution in [0.5, 0.6) is 0 Å². The van der Waals surface area contributed by atoms with Gasteiger partial charge in [0.05, 0.1) is 10.0 Å². The van der Waals surface area contributed by atoms with E-state index >= 15 is 0 Å². The van der Waals surface area contributed by atoms with Crippen molar-refractivity contribution in [2.75, 3.05) is 6.54 Å². The number of benzene rings is 1. The van der Waals surface area contributed by atoms with E-state index in [-0.39, 0.29) is 0 Å². The summed E-state index contributed by atoms with van der Waals surface area (Å²) in [7, 11) is 0. The maximum absolute atomic E-state index is 6.24. The van der Waals surface area contributed by atoms with Gasteiger partial charge in [-0.1, -0.05) is 56.1 Å². The molecule has 0 spiro atoms. The normalized spacial score (nSPS) is 14.5. The minimum Gasteiger partial charge on any atom is -0.314 e. The third-order valence-corrected chi connectivity index (χ3v) is 4.21. The Morgan fingerprint density at radius 1 is 1.22 bits per heavy atom. The zero-order valence-corrected chi connectivity index (χ0v) is 13.0. The lowest BCUT2D eigenvalue weighted by atomic mass is 9.92. The van der Waals surface area contributed by atoms with Gasteiger partial charge >= 0.3 is 0 Å². The Balaban J connectivity index is 2.67. The lowest BCUT2D eigenvalue weighted by Crippen LogP contribution is -2.35. The van der Waals surface area contributed by atoms with Crippen molar-refractivity contribution in [1.82, 2.24) is 5.32 Å². The molecular weight excluding hydrogens is 265 g/mol. The summed E-state index contributed by atoms with van der Waals surface area (Å²) in [5.74, 6) is 0.553. The second-order valence-electron chi connectivity index (χ2n) is 4.86. The molecule has 2 atom stereocenters. The Morgan fingerprint density at radius 3 is 2.56 bits per heavy atom. The molecule has 0 bridgehead atoms. The average Bonchev–Trinajstić information content (AvgIpc) is 2.36. The average molecular weight is 288 g/mol. The van der Waals surface area contributed by atoms with Crippen LogP contribution in [0.25, 0.3) is 0 Å². The number of hydrogen-bond donors (Lipinski definition) is 1. The summed E-state index contributed by atoms with van der Waals surface area (Å²) in [5, 5.41) is 4.95. The van der Waals surface area contributed by atoms with Crippen molar-refractivity contribution in [3.8, 4) is 0 Å². The van der Waals surface area contributed by atoms with Crippen LogP contribution in [0, 0.1) is 5.92 Å². The molecule has 1 aromatic rings. The van der Waals surface area contributed by atoms with Crippen LogP contribution in [0.1, 0.15) is 39.2 Å². The summed E-state index contributed by atoms with van der Waals surface area (Å²) in [6, 6.07) is 6.42. The quantitative estimate of drug-likeness (QED) is 0.748. The third kappa shape index (κ3) is 4.46. The first-order valence-corrected chi connectivity index (χ1v) is 7.52. The van der Waals surface area contributed by atoms with Crippen molar-refractivity contribution in [2.45, 2.75) is 46.1 Å². The maximum atomic E-state index is 6.24. The first-order valence-electron chi connectivity index (χ1n) is 6.76. The minimum absolute atomic E-state index is 0.542. The Morgan fingerprint density at radius 2 is 1.94 bits per heavy atom. The fraction of sp³-hybridized carbons (Fsp3) is 0.600. The Bertz CT molecular complexity index is 366. The van der Waals surface area contributed by atoms with Crippen LogP contribution in [0.2, 0.25) is 10.0 Å². The Hall–Kier alpha value is -0.240. The molecule has 18 heavy (non-hydrogen) atoms. The van der Waals surface area contributed by atoms with Gasteiger partial charge in [0.25, 0.3) is 0 Å². The van der Waals surface area contributed by atoms with Crippen LogP contribution in [0.4, 0.5) is 0 Å². The second-order valence-corrected chi connectivity index (χ2v) is 5.65. The van der Waals surface area contributed by atoms with E-state index in [1.54, 1.807) is 0 Å². The highest BCUT2D eigenvalue weighted by atomic mass is 35.5. The first kappa shape index (κ1) is 15.8. The van der Waals surface area contributed by atoms with Crippen molar-refractivity contribution >= 4 is 23.2 Å². The Labute approximate surface area is 121 Å². The number of halogens is 2. The van der Waals surface area contributed by atoms with Gasteiger partial charge in [0, 0.05) is 6.04 Å². The Kier molecular flexibility index (Phi) is 7.06. The lowest BCUT2D eigenvalue weighted by molar-refractivity contribution is 0.365. The molecule has 1 rings (SSSR count). The number of rotatable bonds is 7. The fourth-order valence-electron chi connectivity index (χ4n) is 2.27. The molecule has 0 aliphatic rings. The summed E-state index contributed by atoms with van der Waals surface area (Å²) >= 11 is 12.3. The van der Waals surface area contributed by atoms with Crippen molar-refractivity contribution in [1.29, 1.82) is 0 Å². The molecule has 102 valence electrons. The topological polar surface area (TPSA) is 12.0 Å². The molecule has 2 unspecified atom stereocenters. The minimum atomic E-state index is 0.542. The third-order valence-electron chi connectivity index (χ3n) is 3.36.